The van der Waals surface area contributed by atoms with Gasteiger partial charge < -0.3 is 89.4 Å². The minimum Gasteiger partial charge on any atom is -0.475 e. The maximum atomic E-state index is 15.0. The first-order valence-corrected chi connectivity index (χ1v) is 38.8. The number of benzene rings is 1. The summed E-state index contributed by atoms with van der Waals surface area (Å²) in [6.07, 6.45) is -4.00. The number of carbonyl (C=O) groups excluding carboxylic acids is 14. The van der Waals surface area contributed by atoms with Crippen LogP contribution >= 0.6 is 0 Å². The van der Waals surface area contributed by atoms with Crippen molar-refractivity contribution >= 4 is 88.7 Å². The van der Waals surface area contributed by atoms with E-state index in [-0.39, 0.29) is 69.1 Å². The molecule has 1 aromatic rings. The molecule has 32 nitrogen and oxygen atoms in total. The summed E-state index contributed by atoms with van der Waals surface area (Å²) < 4.78 is 37.7. The van der Waals surface area contributed by atoms with Crippen LogP contribution in [0.25, 0.3) is 0 Å². The lowest BCUT2D eigenvalue weighted by Crippen LogP contribution is -2.64. The molecule has 0 saturated carbocycles. The van der Waals surface area contributed by atoms with Gasteiger partial charge in [0.15, 0.2) is 0 Å². The van der Waals surface area contributed by atoms with E-state index in [1.54, 1.807) is 127 Å². The number of aliphatic hydroxyl groups excluding tert-OH is 1. The van der Waals surface area contributed by atoms with Crippen molar-refractivity contribution in [2.24, 2.45) is 53.1 Å². The number of aliphatic hydroxyl groups is 1. The number of nitrogens with one attached hydrogen (secondary N) is 12. The monoisotopic (exact) mass is 1590 g/mol. The number of hydrogen-bond acceptors (Lipinski definition) is 18. The zero-order valence-electron chi connectivity index (χ0n) is 68.2. The highest BCUT2D eigenvalue weighted by Crippen LogP contribution is 2.24. The number of alkyl halides is 3. The second-order valence-corrected chi connectivity index (χ2v) is 30.8. The highest BCUT2D eigenvalue weighted by Gasteiger charge is 2.45. The number of carboxylic acids is 1. The highest BCUT2D eigenvalue weighted by atomic mass is 19.4. The average Bonchev–Trinajstić information content (AvgIpc) is 1.46. The molecule has 2 saturated heterocycles. The number of ether oxygens (including phenoxy) is 1. The third kappa shape index (κ3) is 31.0. The van der Waals surface area contributed by atoms with Crippen LogP contribution in [-0.2, 0) is 83.1 Å². The van der Waals surface area contributed by atoms with Crippen LogP contribution in [0.3, 0.4) is 0 Å². The number of allylic oxidation sites excluding steroid dienone is 1. The second-order valence-electron chi connectivity index (χ2n) is 30.8. The summed E-state index contributed by atoms with van der Waals surface area (Å²) in [4.78, 5) is 211. The number of amides is 13. The largest absolute Gasteiger partial charge is 0.490 e. The van der Waals surface area contributed by atoms with Crippen molar-refractivity contribution in [3.8, 4) is 0 Å². The lowest BCUT2D eigenvalue weighted by Gasteiger charge is -2.33. The van der Waals surface area contributed by atoms with E-state index in [0.29, 0.717) is 24.8 Å². The fourth-order valence-corrected chi connectivity index (χ4v) is 12.0. The Bertz CT molecular complexity index is 3390. The Labute approximate surface area is 655 Å². The number of nitrogens with two attached hydrogens (primary N) is 1. The molecule has 632 valence electrons. The Balaban J connectivity index is 0.00000578. The lowest BCUT2D eigenvalue weighted by atomic mass is 9.95. The summed E-state index contributed by atoms with van der Waals surface area (Å²) in [5, 5.41) is 50.3. The molecule has 16 N–H and O–H groups in total. The molecule has 2 heterocycles. The molecule has 0 unspecified atom stereocenters. The Morgan fingerprint density at radius 1 is 0.625 bits per heavy atom. The van der Waals surface area contributed by atoms with Gasteiger partial charge in [0.25, 0.3) is 5.91 Å². The number of halogens is 3. The standard InChI is InChI=1S/C75H124N14O16.C2HF3O2/c1-20-43(15)33-34-53(91)80-54(38(5)6)68(97)87-61(46(18)90)72(101)82-56(40(9)10)69(98)83-57(41(11)12)74(103)89-36-28-32-52(89)66(95)78-50(31-27-35-76)64(93)85-59(44(16)21-2)71(100)88-62-47(19)105-75(104)58(42(13)14)84-63(92)49(23-4)77-65(94)51(37-48-29-25-24-26-30-48)79-67(96)55(39(7)8)81-70(99)60(45(17)22-3)86-73(62)102;3-2(4,5)1(6)7/h23-26,29-30,38-47,50-52,54-62,90H,20-22,27-28,31-37,76H2,1-19H3,(H,77,94)(H,78,95)(H,79,96)(H,80,91)(H,81,99)(H,82,101)(H,83,98)(H,84,92)(H,85,93)(H,86,102)(H,87,97)(H,88,100);(H,6,7)/b49-23-;/t43-,44-,45-,46+,47+,50-,51-,52+,54+,55+,56-,57+,58-,59+,60+,61-,62+;/m0./s1. The molecule has 0 aromatic heterocycles. The van der Waals surface area contributed by atoms with E-state index in [0.717, 1.165) is 6.42 Å². The molecule has 1 aromatic carbocycles. The number of aliphatic carboxylic acids is 1. The summed E-state index contributed by atoms with van der Waals surface area (Å²) in [7, 11) is 0. The number of carboxylic acid groups (broad SMARTS) is 1. The van der Waals surface area contributed by atoms with Crippen LogP contribution in [0.2, 0.25) is 0 Å². The molecule has 2 fully saturated rings. The van der Waals surface area contributed by atoms with Gasteiger partial charge in [-0.2, -0.15) is 13.2 Å². The number of rotatable bonds is 33. The number of carbonyl (C=O) groups is 15. The second kappa shape index (κ2) is 47.3. The van der Waals surface area contributed by atoms with Gasteiger partial charge in [-0.15, -0.1) is 0 Å². The molecular weight excluding hydrogens is 1470 g/mol. The van der Waals surface area contributed by atoms with Crippen molar-refractivity contribution in [3.63, 3.8) is 0 Å². The Kier molecular flexibility index (Phi) is 41.7. The number of likely N-dealkylation sites (tertiary alicyclic amines) is 1. The topological polar surface area (TPSA) is 479 Å². The SMILES string of the molecule is C/C=C1\NC(=O)[C@H](Cc2ccccc2)NC(=O)[C@@H](C(C)C)NC(=O)[C@@H]([C@@H](C)CC)NC(=O)[C@H](NC(=O)[C@H](NC(=O)[C@H](CCCN)NC(=O)[C@H]2CCCN2C(=O)[C@H](NC(=O)[C@@H](NC(=O)[C@@H](NC(=O)[C@H](NC(=O)CC[C@@H](C)CC)C(C)C)[C@@H](C)O)C(C)C)C(C)C)[C@@H](C)CC)[C@@H](C)OC(=O)[C@H](C(C)C)NC1=O.O=C(O)C(F)(F)F. The van der Waals surface area contributed by atoms with Crippen LogP contribution in [0, 0.1) is 47.3 Å². The van der Waals surface area contributed by atoms with Crippen LogP contribution < -0.4 is 69.5 Å². The Morgan fingerprint density at radius 2 is 1.14 bits per heavy atom. The van der Waals surface area contributed by atoms with Crippen molar-refractivity contribution in [2.75, 3.05) is 13.1 Å². The van der Waals surface area contributed by atoms with Crippen LogP contribution in [-0.4, -0.2) is 208 Å². The van der Waals surface area contributed by atoms with Crippen LogP contribution in [0.15, 0.2) is 42.1 Å². The smallest absolute Gasteiger partial charge is 0.475 e. The minimum absolute atomic E-state index is 0.0355. The molecular formula is C77H125F3N14O18. The average molecular weight is 1590 g/mol. The molecule has 0 aliphatic carbocycles. The molecule has 2 aliphatic heterocycles. The zero-order valence-corrected chi connectivity index (χ0v) is 68.2. The van der Waals surface area contributed by atoms with Crippen molar-refractivity contribution in [3.05, 3.63) is 47.7 Å². The first-order valence-electron chi connectivity index (χ1n) is 38.8. The number of esters is 1. The molecule has 0 radical (unpaired) electrons. The summed E-state index contributed by atoms with van der Waals surface area (Å²) in [5.41, 5.74) is 6.34. The normalized spacial score (nSPS) is 22.1. The van der Waals surface area contributed by atoms with E-state index < -0.39 is 215 Å². The summed E-state index contributed by atoms with van der Waals surface area (Å²) in [6, 6.07) is -7.67. The molecule has 17 atom stereocenters. The molecule has 112 heavy (non-hydrogen) atoms. The fourth-order valence-electron chi connectivity index (χ4n) is 12.0. The zero-order chi connectivity index (χ0) is 85.5. The molecule has 0 bridgehead atoms. The van der Waals surface area contributed by atoms with Gasteiger partial charge in [-0.25, -0.2) is 9.59 Å². The molecule has 35 heteroatoms. The Hall–Kier alpha value is -9.28. The first-order chi connectivity index (χ1) is 52.2. The van der Waals surface area contributed by atoms with E-state index in [4.69, 9.17) is 20.4 Å². The van der Waals surface area contributed by atoms with Gasteiger partial charge in [-0.1, -0.05) is 166 Å². The number of nitrogens with zero attached hydrogens (tertiary/aromatic N) is 1. The van der Waals surface area contributed by atoms with Gasteiger partial charge in [-0.3, -0.25) is 62.3 Å². The lowest BCUT2D eigenvalue weighted by molar-refractivity contribution is -0.192. The highest BCUT2D eigenvalue weighted by molar-refractivity contribution is 6.03. The van der Waals surface area contributed by atoms with Gasteiger partial charge in [0.1, 0.15) is 84.3 Å². The molecule has 3 rings (SSSR count). The van der Waals surface area contributed by atoms with Crippen LogP contribution in [0.1, 0.15) is 195 Å². The molecule has 13 amide bonds. The van der Waals surface area contributed by atoms with E-state index in [2.05, 4.69) is 63.8 Å². The van der Waals surface area contributed by atoms with E-state index in [9.17, 15) is 75.8 Å². The summed E-state index contributed by atoms with van der Waals surface area (Å²) in [6.45, 7) is 31.7. The van der Waals surface area contributed by atoms with Gasteiger partial charge in [-0.05, 0) is 112 Å². The summed E-state index contributed by atoms with van der Waals surface area (Å²) >= 11 is 0. The molecule has 0 spiro atoms. The van der Waals surface area contributed by atoms with Crippen molar-refractivity contribution < 1.29 is 100 Å². The number of cyclic esters (lactones) is 1. The van der Waals surface area contributed by atoms with Gasteiger partial charge in [0, 0.05) is 19.4 Å². The van der Waals surface area contributed by atoms with Crippen molar-refractivity contribution in [1.29, 1.82) is 0 Å². The van der Waals surface area contributed by atoms with Gasteiger partial charge in [0.05, 0.1) is 6.10 Å². The van der Waals surface area contributed by atoms with Crippen molar-refractivity contribution in [2.45, 2.75) is 287 Å². The quantitative estimate of drug-likeness (QED) is 0.0355. The maximum Gasteiger partial charge on any atom is 0.490 e. The van der Waals surface area contributed by atoms with Crippen LogP contribution in [0.4, 0.5) is 13.2 Å². The molecule has 2 aliphatic rings. The van der Waals surface area contributed by atoms with E-state index in [1.807, 2.05) is 13.8 Å². The fraction of sp³-hybridized carbons (Fsp3) is 0.701. The van der Waals surface area contributed by atoms with Gasteiger partial charge in [0.2, 0.25) is 70.9 Å². The Morgan fingerprint density at radius 3 is 1.64 bits per heavy atom. The summed E-state index contributed by atoms with van der Waals surface area (Å²) in [5.74, 6) is -18.0. The predicted molar refractivity (Wildman–Crippen MR) is 409 cm³/mol. The maximum absolute atomic E-state index is 15.0. The third-order valence-corrected chi connectivity index (χ3v) is 19.9. The van der Waals surface area contributed by atoms with Gasteiger partial charge >= 0.3 is 18.1 Å². The predicted octanol–water partition coefficient (Wildman–Crippen LogP) is 2.47. The number of hydrogen-bond donors (Lipinski definition) is 15. The minimum atomic E-state index is -5.08. The first kappa shape index (κ1) is 98.8. The van der Waals surface area contributed by atoms with E-state index in [1.165, 1.54) is 31.7 Å². The third-order valence-electron chi connectivity index (χ3n) is 19.9. The van der Waals surface area contributed by atoms with Crippen molar-refractivity contribution in [1.82, 2.24) is 68.7 Å². The van der Waals surface area contributed by atoms with Crippen LogP contribution in [0.5, 0.6) is 0 Å². The van der Waals surface area contributed by atoms with E-state index >= 15 is 9.59 Å².